The van der Waals surface area contributed by atoms with Crippen LogP contribution in [0.3, 0.4) is 0 Å². The summed E-state index contributed by atoms with van der Waals surface area (Å²) in [5.74, 6) is -1.60. The second-order valence-corrected chi connectivity index (χ2v) is 11.6. The van der Waals surface area contributed by atoms with Gasteiger partial charge in [-0.3, -0.25) is 14.4 Å². The number of rotatable bonds is 14. The highest BCUT2D eigenvalue weighted by molar-refractivity contribution is 5.94. The van der Waals surface area contributed by atoms with E-state index in [0.717, 1.165) is 19.3 Å². The molecule has 10 heteroatoms. The molecule has 0 aromatic heterocycles. The average molecular weight is 549 g/mol. The van der Waals surface area contributed by atoms with Crippen LogP contribution in [-0.4, -0.2) is 57.5 Å². The molecule has 0 aliphatic rings. The summed E-state index contributed by atoms with van der Waals surface area (Å²) in [6, 6.07) is 3.06. The lowest BCUT2D eigenvalue weighted by molar-refractivity contribution is -0.146. The molecule has 39 heavy (non-hydrogen) atoms. The van der Waals surface area contributed by atoms with Crippen LogP contribution in [0.25, 0.3) is 0 Å². The summed E-state index contributed by atoms with van der Waals surface area (Å²) < 4.78 is 5.32. The van der Waals surface area contributed by atoms with Crippen molar-refractivity contribution in [2.45, 2.75) is 117 Å². The number of phenols is 1. The Hall–Kier alpha value is -3.30. The van der Waals surface area contributed by atoms with Crippen molar-refractivity contribution in [2.24, 2.45) is 11.7 Å². The Labute approximate surface area is 233 Å². The van der Waals surface area contributed by atoms with Crippen LogP contribution in [0, 0.1) is 5.92 Å². The third-order valence-electron chi connectivity index (χ3n) is 6.11. The van der Waals surface area contributed by atoms with Crippen LogP contribution >= 0.6 is 0 Å². The lowest BCUT2D eigenvalue weighted by Crippen LogP contribution is -2.56. The summed E-state index contributed by atoms with van der Waals surface area (Å²) in [4.78, 5) is 54.0. The van der Waals surface area contributed by atoms with E-state index in [1.165, 1.54) is 17.0 Å². The van der Waals surface area contributed by atoms with Crippen molar-refractivity contribution in [1.82, 2.24) is 15.5 Å². The number of phenolic OH excluding ortho intramolecular Hbond substituents is 1. The van der Waals surface area contributed by atoms with Crippen LogP contribution in [0.4, 0.5) is 4.79 Å². The Morgan fingerprint density at radius 3 is 2.18 bits per heavy atom. The molecule has 0 spiro atoms. The maximum Gasteiger partial charge on any atom is 0.408 e. The van der Waals surface area contributed by atoms with E-state index >= 15 is 0 Å². The highest BCUT2D eigenvalue weighted by atomic mass is 16.6. The number of nitrogens with two attached hydrogens (primary N) is 1. The summed E-state index contributed by atoms with van der Waals surface area (Å²) in [7, 11) is 0. The van der Waals surface area contributed by atoms with Gasteiger partial charge in [0, 0.05) is 12.1 Å². The topological polar surface area (TPSA) is 151 Å². The number of ether oxygens (including phenoxy) is 1. The molecule has 4 amide bonds. The average Bonchev–Trinajstić information content (AvgIpc) is 2.78. The third-order valence-corrected chi connectivity index (χ3v) is 6.11. The van der Waals surface area contributed by atoms with Crippen molar-refractivity contribution in [1.29, 1.82) is 0 Å². The van der Waals surface area contributed by atoms with Crippen LogP contribution < -0.4 is 16.4 Å². The number of hydrogen-bond acceptors (Lipinski definition) is 6. The molecule has 1 aromatic rings. The van der Waals surface area contributed by atoms with E-state index in [4.69, 9.17) is 10.5 Å². The van der Waals surface area contributed by atoms with Gasteiger partial charge in [0.15, 0.2) is 0 Å². The number of nitrogens with zero attached hydrogens (tertiary/aromatic N) is 1. The Morgan fingerprint density at radius 2 is 1.67 bits per heavy atom. The summed E-state index contributed by atoms with van der Waals surface area (Å²) in [6.45, 7) is 14.9. The first-order valence-electron chi connectivity index (χ1n) is 13.7. The number of carbonyl (C=O) groups is 4. The minimum atomic E-state index is -1.36. The lowest BCUT2D eigenvalue weighted by Gasteiger charge is -2.39. The molecular formula is C29H48N4O6. The fourth-order valence-corrected chi connectivity index (χ4v) is 4.30. The number of carbonyl (C=O) groups excluding carboxylic acids is 4. The van der Waals surface area contributed by atoms with Crippen molar-refractivity contribution >= 4 is 23.8 Å². The van der Waals surface area contributed by atoms with E-state index in [2.05, 4.69) is 24.5 Å². The molecule has 0 heterocycles. The maximum absolute atomic E-state index is 14.2. The molecule has 0 saturated carbocycles. The predicted molar refractivity (Wildman–Crippen MR) is 151 cm³/mol. The highest BCUT2D eigenvalue weighted by Crippen LogP contribution is 2.30. The number of amides is 4. The number of benzene rings is 1. The summed E-state index contributed by atoms with van der Waals surface area (Å²) >= 11 is 0. The zero-order valence-corrected chi connectivity index (χ0v) is 24.7. The van der Waals surface area contributed by atoms with E-state index < -0.39 is 54.0 Å². The Bertz CT molecular complexity index is 975. The van der Waals surface area contributed by atoms with Crippen molar-refractivity contribution < 1.29 is 29.0 Å². The first kappa shape index (κ1) is 33.7. The minimum absolute atomic E-state index is 0.0605. The van der Waals surface area contributed by atoms with Crippen molar-refractivity contribution in [3.63, 3.8) is 0 Å². The SMILES string of the molecule is CCCC(C)NC(=O)C(c1cccc(O)c1)N(C(=O)C(CC(N)=O)NC(=O)OC(C)(C)C)C(C)CCC(C)C. The number of primary amides is 1. The van der Waals surface area contributed by atoms with Gasteiger partial charge >= 0.3 is 6.09 Å². The second-order valence-electron chi connectivity index (χ2n) is 11.6. The van der Waals surface area contributed by atoms with Crippen molar-refractivity contribution in [3.8, 4) is 5.75 Å². The van der Waals surface area contributed by atoms with Gasteiger partial charge in [-0.05, 0) is 77.5 Å². The van der Waals surface area contributed by atoms with Crippen LogP contribution in [0.5, 0.6) is 5.75 Å². The number of hydrogen-bond donors (Lipinski definition) is 4. The fourth-order valence-electron chi connectivity index (χ4n) is 4.30. The van der Waals surface area contributed by atoms with E-state index in [0.29, 0.717) is 17.9 Å². The number of nitrogens with one attached hydrogen (secondary N) is 2. The molecule has 4 atom stereocenters. The monoisotopic (exact) mass is 548 g/mol. The zero-order valence-electron chi connectivity index (χ0n) is 24.7. The maximum atomic E-state index is 14.2. The molecule has 0 saturated heterocycles. The number of alkyl carbamates (subject to hydrolysis) is 1. The second kappa shape index (κ2) is 15.3. The van der Waals surface area contributed by atoms with Gasteiger partial charge in [-0.2, -0.15) is 0 Å². The van der Waals surface area contributed by atoms with Gasteiger partial charge in [0.1, 0.15) is 23.4 Å². The van der Waals surface area contributed by atoms with Gasteiger partial charge in [0.25, 0.3) is 0 Å². The molecule has 0 bridgehead atoms. The van der Waals surface area contributed by atoms with E-state index in [1.54, 1.807) is 32.9 Å². The fraction of sp³-hybridized carbons (Fsp3) is 0.655. The lowest BCUT2D eigenvalue weighted by atomic mass is 9.96. The van der Waals surface area contributed by atoms with Gasteiger partial charge in [0.2, 0.25) is 17.7 Å². The van der Waals surface area contributed by atoms with Gasteiger partial charge in [-0.15, -0.1) is 0 Å². The first-order chi connectivity index (χ1) is 18.0. The zero-order chi connectivity index (χ0) is 29.9. The Kier molecular flexibility index (Phi) is 13.3. The smallest absolute Gasteiger partial charge is 0.408 e. The molecule has 10 nitrogen and oxygen atoms in total. The van der Waals surface area contributed by atoms with Crippen LogP contribution in [0.1, 0.15) is 99.1 Å². The van der Waals surface area contributed by atoms with Gasteiger partial charge in [-0.1, -0.05) is 39.3 Å². The summed E-state index contributed by atoms with van der Waals surface area (Å²) in [6.07, 6.45) is 1.56. The van der Waals surface area contributed by atoms with E-state index in [1.807, 2.05) is 20.8 Å². The number of aromatic hydroxyl groups is 1. The van der Waals surface area contributed by atoms with E-state index in [-0.39, 0.29) is 11.8 Å². The molecule has 1 rings (SSSR count). The van der Waals surface area contributed by atoms with Crippen LogP contribution in [0.2, 0.25) is 0 Å². The largest absolute Gasteiger partial charge is 0.508 e. The molecule has 0 aliphatic carbocycles. The highest BCUT2D eigenvalue weighted by Gasteiger charge is 2.39. The normalized spacial score (nSPS) is 14.6. The molecule has 5 N–H and O–H groups in total. The third kappa shape index (κ3) is 12.0. The first-order valence-corrected chi connectivity index (χ1v) is 13.7. The Morgan fingerprint density at radius 1 is 1.03 bits per heavy atom. The predicted octanol–water partition coefficient (Wildman–Crippen LogP) is 4.16. The van der Waals surface area contributed by atoms with Crippen molar-refractivity contribution in [2.75, 3.05) is 0 Å². The van der Waals surface area contributed by atoms with Gasteiger partial charge in [0.05, 0.1) is 6.42 Å². The molecule has 0 radical (unpaired) electrons. The Balaban J connectivity index is 3.64. The molecule has 220 valence electrons. The van der Waals surface area contributed by atoms with Crippen LogP contribution in [-0.2, 0) is 19.1 Å². The van der Waals surface area contributed by atoms with Crippen LogP contribution in [0.15, 0.2) is 24.3 Å². The molecule has 0 fully saturated rings. The van der Waals surface area contributed by atoms with E-state index in [9.17, 15) is 24.3 Å². The minimum Gasteiger partial charge on any atom is -0.508 e. The summed E-state index contributed by atoms with van der Waals surface area (Å²) in [5.41, 5.74) is 5.02. The van der Waals surface area contributed by atoms with Gasteiger partial charge in [-0.25, -0.2) is 4.79 Å². The van der Waals surface area contributed by atoms with Crippen molar-refractivity contribution in [3.05, 3.63) is 29.8 Å². The van der Waals surface area contributed by atoms with Gasteiger partial charge < -0.3 is 31.1 Å². The molecule has 0 aliphatic heterocycles. The quantitative estimate of drug-likeness (QED) is 0.274. The summed E-state index contributed by atoms with van der Waals surface area (Å²) in [5, 5.41) is 15.7. The molecule has 4 unspecified atom stereocenters. The molecular weight excluding hydrogens is 500 g/mol. The standard InChI is InChI=1S/C29H48N4O6/c1-9-11-19(4)31-26(36)25(21-12-10-13-22(34)16-21)33(20(5)15-14-18(2)3)27(37)23(17-24(30)35)32-28(38)39-29(6,7)8/h10,12-13,16,18-20,23,25,34H,9,11,14-15,17H2,1-8H3,(H2,30,35)(H,31,36)(H,32,38). The molecule has 1 aromatic carbocycles.